The summed E-state index contributed by atoms with van der Waals surface area (Å²) in [6.07, 6.45) is 0.795. The maximum absolute atomic E-state index is 5.38. The van der Waals surface area contributed by atoms with E-state index >= 15 is 0 Å². The molecule has 0 rings (SSSR count). The number of rotatable bonds is 2. The highest BCUT2D eigenvalue weighted by atomic mass is 35.5. The molecule has 0 aliphatic rings. The molecule has 0 N–H and O–H groups in total. The Bertz CT molecular complexity index is 26.7. The van der Waals surface area contributed by atoms with Crippen molar-refractivity contribution in [2.24, 2.45) is 0 Å². The Hall–Kier alpha value is 0.580. The van der Waals surface area contributed by atoms with Crippen LogP contribution in [0.4, 0.5) is 0 Å². The molecule has 0 aromatic carbocycles. The minimum Gasteiger partial charge on any atom is -0.127 e. The van der Waals surface area contributed by atoms with E-state index in [9.17, 15) is 0 Å². The number of hydrogen-bond donors (Lipinski definition) is 0. The zero-order valence-corrected chi connectivity index (χ0v) is 4.97. The molecule has 0 bridgehead atoms. The standard InChI is InChI=1S/C4H7Cl2/c1-4(6)2-3-5/h4H,1-3H2. The van der Waals surface area contributed by atoms with Crippen LogP contribution in [0.3, 0.4) is 0 Å². The van der Waals surface area contributed by atoms with E-state index in [0.29, 0.717) is 5.88 Å². The first-order chi connectivity index (χ1) is 2.77. The van der Waals surface area contributed by atoms with Crippen LogP contribution in [0, 0.1) is 6.92 Å². The van der Waals surface area contributed by atoms with E-state index in [1.54, 1.807) is 0 Å². The van der Waals surface area contributed by atoms with E-state index in [-0.39, 0.29) is 5.38 Å². The van der Waals surface area contributed by atoms with Crippen LogP contribution in [-0.2, 0) is 0 Å². The van der Waals surface area contributed by atoms with Gasteiger partial charge in [-0.2, -0.15) is 0 Å². The average Bonchev–Trinajstić information content (AvgIpc) is 1.35. The Morgan fingerprint density at radius 2 is 2.17 bits per heavy atom. The molecule has 0 amide bonds. The minimum absolute atomic E-state index is 0.0116. The molecule has 0 aromatic heterocycles. The fourth-order valence-corrected chi connectivity index (χ4v) is 0.603. The second kappa shape index (κ2) is 3.76. The van der Waals surface area contributed by atoms with Gasteiger partial charge in [0.05, 0.1) is 0 Å². The second-order valence-electron chi connectivity index (χ2n) is 1.07. The smallest absolute Gasteiger partial charge is 0.0347 e. The summed E-state index contributed by atoms with van der Waals surface area (Å²) in [6, 6.07) is 0. The normalized spacial score (nSPS) is 14.5. The predicted molar refractivity (Wildman–Crippen MR) is 30.3 cm³/mol. The van der Waals surface area contributed by atoms with Crippen molar-refractivity contribution < 1.29 is 0 Å². The van der Waals surface area contributed by atoms with Crippen molar-refractivity contribution in [2.45, 2.75) is 11.8 Å². The maximum Gasteiger partial charge on any atom is 0.0347 e. The summed E-state index contributed by atoms with van der Waals surface area (Å²) in [7, 11) is 0. The number of halogens is 2. The van der Waals surface area contributed by atoms with E-state index in [4.69, 9.17) is 23.2 Å². The quantitative estimate of drug-likeness (QED) is 0.496. The molecular weight excluding hydrogens is 119 g/mol. The first-order valence-corrected chi connectivity index (χ1v) is 2.77. The minimum atomic E-state index is -0.0116. The van der Waals surface area contributed by atoms with Crippen LogP contribution >= 0.6 is 23.2 Å². The first-order valence-electron chi connectivity index (χ1n) is 1.80. The van der Waals surface area contributed by atoms with Crippen LogP contribution in [0.15, 0.2) is 0 Å². The molecule has 0 heterocycles. The third kappa shape index (κ3) is 4.58. The zero-order chi connectivity index (χ0) is 4.99. The highest BCUT2D eigenvalue weighted by molar-refractivity contribution is 6.22. The molecule has 0 saturated heterocycles. The van der Waals surface area contributed by atoms with Gasteiger partial charge in [0.15, 0.2) is 0 Å². The molecule has 37 valence electrons. The van der Waals surface area contributed by atoms with Gasteiger partial charge in [0.2, 0.25) is 0 Å². The van der Waals surface area contributed by atoms with E-state index in [2.05, 4.69) is 6.92 Å². The maximum atomic E-state index is 5.38. The summed E-state index contributed by atoms with van der Waals surface area (Å²) in [5.74, 6) is 0.609. The topological polar surface area (TPSA) is 0 Å². The lowest BCUT2D eigenvalue weighted by Gasteiger charge is -1.91. The summed E-state index contributed by atoms with van der Waals surface area (Å²) < 4.78 is 0. The van der Waals surface area contributed by atoms with Gasteiger partial charge in [-0.15, -0.1) is 23.2 Å². The van der Waals surface area contributed by atoms with Crippen molar-refractivity contribution >= 4 is 23.2 Å². The van der Waals surface area contributed by atoms with Crippen LogP contribution in [0.5, 0.6) is 0 Å². The van der Waals surface area contributed by atoms with E-state index < -0.39 is 0 Å². The lowest BCUT2D eigenvalue weighted by Crippen LogP contribution is -1.89. The van der Waals surface area contributed by atoms with Gasteiger partial charge < -0.3 is 0 Å². The SMILES string of the molecule is [CH2]C(Cl)CCCl. The Labute approximate surface area is 48.4 Å². The molecule has 0 aliphatic heterocycles. The van der Waals surface area contributed by atoms with E-state index in [1.165, 1.54) is 0 Å². The molecule has 0 aliphatic carbocycles. The van der Waals surface area contributed by atoms with Gasteiger partial charge >= 0.3 is 0 Å². The van der Waals surface area contributed by atoms with Crippen LogP contribution in [0.2, 0.25) is 0 Å². The highest BCUT2D eigenvalue weighted by Gasteiger charge is 1.89. The predicted octanol–water partition coefficient (Wildman–Crippen LogP) is 2.06. The number of alkyl halides is 2. The fraction of sp³-hybridized carbons (Fsp3) is 0.750. The van der Waals surface area contributed by atoms with Crippen LogP contribution < -0.4 is 0 Å². The van der Waals surface area contributed by atoms with Gasteiger partial charge in [0.25, 0.3) is 0 Å². The Morgan fingerprint density at radius 3 is 2.17 bits per heavy atom. The van der Waals surface area contributed by atoms with Gasteiger partial charge in [0.1, 0.15) is 0 Å². The van der Waals surface area contributed by atoms with Crippen molar-refractivity contribution in [1.29, 1.82) is 0 Å². The molecule has 2 heteroatoms. The highest BCUT2D eigenvalue weighted by Crippen LogP contribution is 1.98. The number of hydrogen-bond acceptors (Lipinski definition) is 0. The molecule has 1 atom stereocenters. The van der Waals surface area contributed by atoms with Gasteiger partial charge in [0, 0.05) is 11.3 Å². The molecule has 0 nitrogen and oxygen atoms in total. The van der Waals surface area contributed by atoms with Gasteiger partial charge in [-0.1, -0.05) is 0 Å². The summed E-state index contributed by atoms with van der Waals surface area (Å²) in [5.41, 5.74) is 0. The molecular formula is C4H7Cl2. The third-order valence-corrected chi connectivity index (χ3v) is 0.859. The molecule has 0 aromatic rings. The van der Waals surface area contributed by atoms with Gasteiger partial charge in [-0.3, -0.25) is 0 Å². The lowest BCUT2D eigenvalue weighted by molar-refractivity contribution is 0.972. The van der Waals surface area contributed by atoms with Crippen molar-refractivity contribution in [3.8, 4) is 0 Å². The fourth-order valence-electron chi connectivity index (χ4n) is 0.118. The van der Waals surface area contributed by atoms with Gasteiger partial charge in [-0.05, 0) is 13.3 Å². The average molecular weight is 126 g/mol. The molecule has 0 fully saturated rings. The largest absolute Gasteiger partial charge is 0.127 e. The summed E-state index contributed by atoms with van der Waals surface area (Å²) >= 11 is 10.7. The van der Waals surface area contributed by atoms with Crippen molar-refractivity contribution in [3.63, 3.8) is 0 Å². The Kier molecular flexibility index (Phi) is 4.12. The first kappa shape index (κ1) is 6.58. The van der Waals surface area contributed by atoms with Crippen LogP contribution in [0.1, 0.15) is 6.42 Å². The second-order valence-corrected chi connectivity index (χ2v) is 2.07. The van der Waals surface area contributed by atoms with Crippen molar-refractivity contribution in [2.75, 3.05) is 5.88 Å². The Morgan fingerprint density at radius 1 is 1.67 bits per heavy atom. The summed E-state index contributed by atoms with van der Waals surface area (Å²) in [6.45, 7) is 3.51. The molecule has 1 unspecified atom stereocenters. The molecule has 0 spiro atoms. The lowest BCUT2D eigenvalue weighted by atomic mass is 10.4. The van der Waals surface area contributed by atoms with Crippen LogP contribution in [-0.4, -0.2) is 11.3 Å². The Balaban J connectivity index is 2.63. The van der Waals surface area contributed by atoms with E-state index in [1.807, 2.05) is 0 Å². The molecule has 1 radical (unpaired) electrons. The summed E-state index contributed by atoms with van der Waals surface area (Å²) in [4.78, 5) is 0. The van der Waals surface area contributed by atoms with E-state index in [0.717, 1.165) is 6.42 Å². The summed E-state index contributed by atoms with van der Waals surface area (Å²) in [5, 5.41) is -0.0116. The van der Waals surface area contributed by atoms with Gasteiger partial charge in [-0.25, -0.2) is 0 Å². The molecule has 6 heavy (non-hydrogen) atoms. The zero-order valence-electron chi connectivity index (χ0n) is 3.45. The monoisotopic (exact) mass is 125 g/mol. The molecule has 0 saturated carbocycles. The van der Waals surface area contributed by atoms with Crippen molar-refractivity contribution in [1.82, 2.24) is 0 Å². The third-order valence-electron chi connectivity index (χ3n) is 0.422. The van der Waals surface area contributed by atoms with Crippen LogP contribution in [0.25, 0.3) is 0 Å². The van der Waals surface area contributed by atoms with Crippen molar-refractivity contribution in [3.05, 3.63) is 6.92 Å².